The summed E-state index contributed by atoms with van der Waals surface area (Å²) in [6, 6.07) is 3.87. The zero-order valence-electron chi connectivity index (χ0n) is 11.0. The fourth-order valence-corrected chi connectivity index (χ4v) is 2.45. The average molecular weight is 281 g/mol. The maximum Gasteiger partial charge on any atom is 0.122 e. The first-order valence-corrected chi connectivity index (χ1v) is 6.72. The standard InChI is InChI=1S/C13H19N3O2S/c1-9-5-16(7-11(8-17)18-9)6-10-2-3-15-12(4-10)13(14)19/h2-4,9,11,17H,5-8H2,1H3,(H2,14,19). The molecule has 0 aliphatic carbocycles. The van der Waals surface area contributed by atoms with E-state index < -0.39 is 0 Å². The SMILES string of the molecule is CC1CN(Cc2ccnc(C(N)=S)c2)CC(CO)O1. The molecular weight excluding hydrogens is 262 g/mol. The van der Waals surface area contributed by atoms with Crippen LogP contribution in [-0.4, -0.2) is 51.9 Å². The number of aliphatic hydroxyl groups is 1. The van der Waals surface area contributed by atoms with Gasteiger partial charge in [-0.15, -0.1) is 0 Å². The van der Waals surface area contributed by atoms with E-state index in [1.165, 1.54) is 0 Å². The van der Waals surface area contributed by atoms with Crippen molar-refractivity contribution in [1.29, 1.82) is 0 Å². The molecule has 0 bridgehead atoms. The largest absolute Gasteiger partial charge is 0.394 e. The minimum Gasteiger partial charge on any atom is -0.394 e. The van der Waals surface area contributed by atoms with Crippen molar-refractivity contribution in [3.63, 3.8) is 0 Å². The van der Waals surface area contributed by atoms with Gasteiger partial charge in [0.15, 0.2) is 0 Å². The van der Waals surface area contributed by atoms with E-state index in [4.69, 9.17) is 22.7 Å². The van der Waals surface area contributed by atoms with Crippen molar-refractivity contribution in [2.45, 2.75) is 25.7 Å². The minimum absolute atomic E-state index is 0.0509. The molecule has 3 N–H and O–H groups in total. The van der Waals surface area contributed by atoms with Gasteiger partial charge in [-0.05, 0) is 24.6 Å². The summed E-state index contributed by atoms with van der Waals surface area (Å²) >= 11 is 4.93. The summed E-state index contributed by atoms with van der Waals surface area (Å²) in [6.07, 6.45) is 1.74. The Morgan fingerprint density at radius 3 is 3.11 bits per heavy atom. The smallest absolute Gasteiger partial charge is 0.122 e. The molecule has 0 spiro atoms. The molecule has 1 saturated heterocycles. The summed E-state index contributed by atoms with van der Waals surface area (Å²) < 4.78 is 5.62. The number of ether oxygens (including phenoxy) is 1. The van der Waals surface area contributed by atoms with E-state index in [1.807, 2.05) is 19.1 Å². The maximum absolute atomic E-state index is 9.21. The van der Waals surface area contributed by atoms with Crippen molar-refractivity contribution in [3.8, 4) is 0 Å². The quantitative estimate of drug-likeness (QED) is 0.773. The second-order valence-corrected chi connectivity index (χ2v) is 5.30. The molecule has 19 heavy (non-hydrogen) atoms. The van der Waals surface area contributed by atoms with Crippen LogP contribution in [0.2, 0.25) is 0 Å². The topological polar surface area (TPSA) is 71.6 Å². The number of nitrogens with two attached hydrogens (primary N) is 1. The molecule has 0 amide bonds. The number of rotatable bonds is 4. The summed E-state index contributed by atoms with van der Waals surface area (Å²) in [5.41, 5.74) is 7.34. The zero-order valence-corrected chi connectivity index (χ0v) is 11.8. The molecule has 104 valence electrons. The predicted molar refractivity (Wildman–Crippen MR) is 76.8 cm³/mol. The number of hydrogen-bond donors (Lipinski definition) is 2. The van der Waals surface area contributed by atoms with Crippen molar-refractivity contribution >= 4 is 17.2 Å². The van der Waals surface area contributed by atoms with Crippen LogP contribution in [0.1, 0.15) is 18.2 Å². The van der Waals surface area contributed by atoms with E-state index in [1.54, 1.807) is 6.20 Å². The molecule has 0 radical (unpaired) electrons. The van der Waals surface area contributed by atoms with Gasteiger partial charge < -0.3 is 15.6 Å². The van der Waals surface area contributed by atoms with Gasteiger partial charge in [0, 0.05) is 25.8 Å². The number of aromatic nitrogens is 1. The van der Waals surface area contributed by atoms with E-state index in [0.717, 1.165) is 25.2 Å². The second kappa shape index (κ2) is 6.38. The molecule has 0 aromatic carbocycles. The van der Waals surface area contributed by atoms with Crippen LogP contribution in [0.25, 0.3) is 0 Å². The Morgan fingerprint density at radius 2 is 2.42 bits per heavy atom. The number of hydrogen-bond acceptors (Lipinski definition) is 5. The van der Waals surface area contributed by atoms with Gasteiger partial charge in [0.25, 0.3) is 0 Å². The lowest BCUT2D eigenvalue weighted by Gasteiger charge is -2.36. The Kier molecular flexibility index (Phi) is 4.81. The van der Waals surface area contributed by atoms with Crippen LogP contribution in [0.15, 0.2) is 18.3 Å². The Bertz CT molecular complexity index is 455. The van der Waals surface area contributed by atoms with Crippen LogP contribution in [0.3, 0.4) is 0 Å². The lowest BCUT2D eigenvalue weighted by atomic mass is 10.1. The molecule has 1 aliphatic heterocycles. The van der Waals surface area contributed by atoms with Crippen molar-refractivity contribution < 1.29 is 9.84 Å². The highest BCUT2D eigenvalue weighted by Crippen LogP contribution is 2.14. The Labute approximate surface area is 118 Å². The zero-order chi connectivity index (χ0) is 13.8. The molecule has 2 atom stereocenters. The third-order valence-corrected chi connectivity index (χ3v) is 3.30. The fraction of sp³-hybridized carbons (Fsp3) is 0.538. The van der Waals surface area contributed by atoms with Crippen molar-refractivity contribution in [1.82, 2.24) is 9.88 Å². The molecule has 2 unspecified atom stereocenters. The first-order valence-electron chi connectivity index (χ1n) is 6.32. The van der Waals surface area contributed by atoms with E-state index in [0.29, 0.717) is 10.7 Å². The molecule has 6 heteroatoms. The Morgan fingerprint density at radius 1 is 1.63 bits per heavy atom. The predicted octanol–water partition coefficient (Wildman–Crippen LogP) is 0.297. The van der Waals surface area contributed by atoms with Crippen LogP contribution in [0.4, 0.5) is 0 Å². The third kappa shape index (κ3) is 3.94. The Balaban J connectivity index is 2.03. The molecular formula is C13H19N3O2S. The molecule has 5 nitrogen and oxygen atoms in total. The highest BCUT2D eigenvalue weighted by atomic mass is 32.1. The lowest BCUT2D eigenvalue weighted by molar-refractivity contribution is -0.0972. The van der Waals surface area contributed by atoms with Gasteiger partial charge >= 0.3 is 0 Å². The summed E-state index contributed by atoms with van der Waals surface area (Å²) in [5, 5.41) is 9.21. The van der Waals surface area contributed by atoms with Crippen LogP contribution in [-0.2, 0) is 11.3 Å². The third-order valence-electron chi connectivity index (χ3n) is 3.09. The number of aliphatic hydroxyl groups excluding tert-OH is 1. The highest BCUT2D eigenvalue weighted by Gasteiger charge is 2.24. The van der Waals surface area contributed by atoms with E-state index >= 15 is 0 Å². The second-order valence-electron chi connectivity index (χ2n) is 4.86. The fourth-order valence-electron chi connectivity index (χ4n) is 2.34. The van der Waals surface area contributed by atoms with Gasteiger partial charge in [0.2, 0.25) is 0 Å². The molecule has 1 aliphatic rings. The summed E-state index contributed by atoms with van der Waals surface area (Å²) in [5.74, 6) is 0. The van der Waals surface area contributed by atoms with Gasteiger partial charge in [0.05, 0.1) is 24.5 Å². The van der Waals surface area contributed by atoms with Crippen molar-refractivity contribution in [2.75, 3.05) is 19.7 Å². The summed E-state index contributed by atoms with van der Waals surface area (Å²) in [7, 11) is 0. The molecule has 1 aromatic heterocycles. The van der Waals surface area contributed by atoms with E-state index in [-0.39, 0.29) is 18.8 Å². The lowest BCUT2D eigenvalue weighted by Crippen LogP contribution is -2.47. The molecule has 2 rings (SSSR count). The van der Waals surface area contributed by atoms with Crippen LogP contribution >= 0.6 is 12.2 Å². The molecule has 2 heterocycles. The van der Waals surface area contributed by atoms with Crippen molar-refractivity contribution in [3.05, 3.63) is 29.6 Å². The van der Waals surface area contributed by atoms with E-state index in [9.17, 15) is 5.11 Å². The van der Waals surface area contributed by atoms with Gasteiger partial charge in [-0.2, -0.15) is 0 Å². The highest BCUT2D eigenvalue weighted by molar-refractivity contribution is 7.80. The minimum atomic E-state index is -0.111. The van der Waals surface area contributed by atoms with Gasteiger partial charge in [0.1, 0.15) is 4.99 Å². The maximum atomic E-state index is 9.21. The first-order chi connectivity index (χ1) is 9.08. The van der Waals surface area contributed by atoms with Crippen LogP contribution in [0.5, 0.6) is 0 Å². The number of morpholine rings is 1. The monoisotopic (exact) mass is 281 g/mol. The van der Waals surface area contributed by atoms with Gasteiger partial charge in [-0.25, -0.2) is 0 Å². The first kappa shape index (κ1) is 14.3. The van der Waals surface area contributed by atoms with Crippen LogP contribution < -0.4 is 5.73 Å². The van der Waals surface area contributed by atoms with Gasteiger partial charge in [-0.3, -0.25) is 9.88 Å². The molecule has 0 saturated carbocycles. The molecule has 1 aromatic rings. The number of nitrogens with zero attached hydrogens (tertiary/aromatic N) is 2. The van der Waals surface area contributed by atoms with E-state index in [2.05, 4.69) is 9.88 Å². The number of pyridine rings is 1. The number of thiocarbonyl (C=S) groups is 1. The summed E-state index contributed by atoms with van der Waals surface area (Å²) in [4.78, 5) is 6.70. The average Bonchev–Trinajstić information content (AvgIpc) is 2.38. The summed E-state index contributed by atoms with van der Waals surface area (Å²) in [6.45, 7) is 4.42. The Hall–Kier alpha value is -1.08. The van der Waals surface area contributed by atoms with Gasteiger partial charge in [-0.1, -0.05) is 12.2 Å². The normalized spacial score (nSPS) is 24.3. The molecule has 1 fully saturated rings. The van der Waals surface area contributed by atoms with Crippen LogP contribution in [0, 0.1) is 0 Å². The van der Waals surface area contributed by atoms with Crippen molar-refractivity contribution in [2.24, 2.45) is 5.73 Å².